The normalized spacial score (nSPS) is 10.6. The molecule has 3 rings (SSSR count). The van der Waals surface area contributed by atoms with Gasteiger partial charge >= 0.3 is 0 Å². The molecule has 0 unspecified atom stereocenters. The number of ether oxygens (including phenoxy) is 2. The fourth-order valence-electron chi connectivity index (χ4n) is 2.76. The van der Waals surface area contributed by atoms with Crippen LogP contribution >= 0.6 is 11.8 Å². The van der Waals surface area contributed by atoms with E-state index < -0.39 is 0 Å². The van der Waals surface area contributed by atoms with Crippen LogP contribution in [0.25, 0.3) is 11.1 Å². The van der Waals surface area contributed by atoms with Crippen LogP contribution in [0.2, 0.25) is 0 Å². The minimum absolute atomic E-state index is 0.261. The zero-order chi connectivity index (χ0) is 17.5. The maximum absolute atomic E-state index is 5.74. The van der Waals surface area contributed by atoms with Crippen molar-refractivity contribution < 1.29 is 9.47 Å². The molecule has 0 spiro atoms. The Morgan fingerprint density at radius 3 is 2.20 bits per heavy atom. The van der Waals surface area contributed by atoms with Crippen LogP contribution in [0.15, 0.2) is 77.7 Å². The lowest BCUT2D eigenvalue weighted by atomic mass is 9.96. The van der Waals surface area contributed by atoms with Crippen molar-refractivity contribution in [2.24, 2.45) is 0 Å². The standard InChI is InChI=1S/C22H22O2S/c1-17-21(15-25-19-11-7-4-8-12-19)20(18-9-5-3-6-10-18)13-14-22(17)24-16-23-2/h3-14H,15-16H2,1-2H3. The maximum Gasteiger partial charge on any atom is 0.188 e. The molecule has 0 saturated heterocycles. The second-order valence-corrected chi connectivity index (χ2v) is 6.78. The third-order valence-electron chi connectivity index (χ3n) is 4.09. The number of hydrogen-bond donors (Lipinski definition) is 0. The molecular weight excluding hydrogens is 328 g/mol. The van der Waals surface area contributed by atoms with E-state index in [0.717, 1.165) is 11.5 Å². The van der Waals surface area contributed by atoms with Crippen LogP contribution in [0, 0.1) is 6.92 Å². The van der Waals surface area contributed by atoms with E-state index in [-0.39, 0.29) is 6.79 Å². The van der Waals surface area contributed by atoms with Gasteiger partial charge < -0.3 is 9.47 Å². The topological polar surface area (TPSA) is 18.5 Å². The molecule has 0 fully saturated rings. The summed E-state index contributed by atoms with van der Waals surface area (Å²) >= 11 is 1.84. The predicted octanol–water partition coefficient (Wildman–Crippen LogP) is 5.94. The van der Waals surface area contributed by atoms with Crippen LogP contribution in [0.1, 0.15) is 11.1 Å². The number of benzene rings is 3. The highest BCUT2D eigenvalue weighted by Crippen LogP contribution is 2.36. The van der Waals surface area contributed by atoms with Crippen molar-refractivity contribution in [3.05, 3.63) is 83.9 Å². The van der Waals surface area contributed by atoms with Crippen molar-refractivity contribution in [2.45, 2.75) is 17.6 Å². The van der Waals surface area contributed by atoms with Crippen LogP contribution in [-0.2, 0) is 10.5 Å². The Hall–Kier alpha value is -2.23. The first-order chi connectivity index (χ1) is 12.3. The van der Waals surface area contributed by atoms with Gasteiger partial charge in [0, 0.05) is 17.8 Å². The van der Waals surface area contributed by atoms with Crippen molar-refractivity contribution in [3.8, 4) is 16.9 Å². The first-order valence-electron chi connectivity index (χ1n) is 8.27. The molecule has 0 aliphatic rings. The second-order valence-electron chi connectivity index (χ2n) is 5.73. The van der Waals surface area contributed by atoms with Crippen LogP contribution in [-0.4, -0.2) is 13.9 Å². The first-order valence-corrected chi connectivity index (χ1v) is 9.25. The van der Waals surface area contributed by atoms with Gasteiger partial charge in [0.1, 0.15) is 5.75 Å². The van der Waals surface area contributed by atoms with Gasteiger partial charge in [-0.15, -0.1) is 11.8 Å². The Morgan fingerprint density at radius 2 is 1.52 bits per heavy atom. The summed E-state index contributed by atoms with van der Waals surface area (Å²) in [7, 11) is 1.64. The minimum Gasteiger partial charge on any atom is -0.467 e. The van der Waals surface area contributed by atoms with Crippen molar-refractivity contribution in [1.29, 1.82) is 0 Å². The number of rotatable bonds is 7. The number of hydrogen-bond acceptors (Lipinski definition) is 3. The minimum atomic E-state index is 0.261. The van der Waals surface area contributed by atoms with Gasteiger partial charge in [-0.25, -0.2) is 0 Å². The molecule has 0 saturated carbocycles. The molecule has 0 radical (unpaired) electrons. The number of thioether (sulfide) groups is 1. The lowest BCUT2D eigenvalue weighted by Gasteiger charge is -2.17. The summed E-state index contributed by atoms with van der Waals surface area (Å²) < 4.78 is 10.8. The van der Waals surface area contributed by atoms with Gasteiger partial charge in [-0.2, -0.15) is 0 Å². The summed E-state index contributed by atoms with van der Waals surface area (Å²) in [6, 6.07) is 25.2. The summed E-state index contributed by atoms with van der Waals surface area (Å²) in [6.07, 6.45) is 0. The lowest BCUT2D eigenvalue weighted by molar-refractivity contribution is 0.0506. The third-order valence-corrected chi connectivity index (χ3v) is 5.13. The molecule has 2 nitrogen and oxygen atoms in total. The van der Waals surface area contributed by atoms with Gasteiger partial charge in [0.2, 0.25) is 0 Å². The molecule has 3 aromatic rings. The van der Waals surface area contributed by atoms with Crippen LogP contribution in [0.4, 0.5) is 0 Å². The highest BCUT2D eigenvalue weighted by atomic mass is 32.2. The second kappa shape index (κ2) is 8.75. The molecular formula is C22H22O2S. The van der Waals surface area contributed by atoms with Gasteiger partial charge in [0.05, 0.1) is 0 Å². The molecule has 0 N–H and O–H groups in total. The molecule has 3 aromatic carbocycles. The van der Waals surface area contributed by atoms with E-state index >= 15 is 0 Å². The fourth-order valence-corrected chi connectivity index (χ4v) is 3.79. The summed E-state index contributed by atoms with van der Waals surface area (Å²) in [5.41, 5.74) is 4.95. The average Bonchev–Trinajstić information content (AvgIpc) is 2.67. The zero-order valence-corrected chi connectivity index (χ0v) is 15.4. The van der Waals surface area contributed by atoms with E-state index in [1.807, 2.05) is 30.0 Å². The Kier molecular flexibility index (Phi) is 6.15. The molecule has 0 bridgehead atoms. The monoisotopic (exact) mass is 350 g/mol. The van der Waals surface area contributed by atoms with E-state index in [9.17, 15) is 0 Å². The lowest BCUT2D eigenvalue weighted by Crippen LogP contribution is -2.03. The quantitative estimate of drug-likeness (QED) is 0.388. The molecule has 0 atom stereocenters. The van der Waals surface area contributed by atoms with Crippen molar-refractivity contribution in [3.63, 3.8) is 0 Å². The molecule has 0 aliphatic heterocycles. The molecule has 0 amide bonds. The van der Waals surface area contributed by atoms with Gasteiger partial charge in [-0.05, 0) is 47.4 Å². The van der Waals surface area contributed by atoms with E-state index in [4.69, 9.17) is 9.47 Å². The Bertz CT molecular complexity index is 801. The predicted molar refractivity (Wildman–Crippen MR) is 105 cm³/mol. The van der Waals surface area contributed by atoms with Crippen molar-refractivity contribution >= 4 is 11.8 Å². The Labute approximate surface area is 153 Å². The van der Waals surface area contributed by atoms with Gasteiger partial charge in [-0.1, -0.05) is 54.6 Å². The zero-order valence-electron chi connectivity index (χ0n) is 14.6. The molecule has 3 heteroatoms. The van der Waals surface area contributed by atoms with Crippen LogP contribution in [0.5, 0.6) is 5.75 Å². The fraction of sp³-hybridized carbons (Fsp3) is 0.182. The van der Waals surface area contributed by atoms with E-state index in [2.05, 4.69) is 61.5 Å². The van der Waals surface area contributed by atoms with E-state index in [0.29, 0.717) is 0 Å². The highest BCUT2D eigenvalue weighted by molar-refractivity contribution is 7.98. The maximum atomic E-state index is 5.74. The Balaban J connectivity index is 1.95. The van der Waals surface area contributed by atoms with Crippen LogP contribution in [0.3, 0.4) is 0 Å². The molecule has 0 aliphatic carbocycles. The van der Waals surface area contributed by atoms with Crippen molar-refractivity contribution in [1.82, 2.24) is 0 Å². The summed E-state index contributed by atoms with van der Waals surface area (Å²) in [5, 5.41) is 0. The molecule has 0 aromatic heterocycles. The average molecular weight is 350 g/mol. The molecule has 128 valence electrons. The van der Waals surface area contributed by atoms with Gasteiger partial charge in [0.25, 0.3) is 0 Å². The number of methoxy groups -OCH3 is 1. The molecule has 25 heavy (non-hydrogen) atoms. The summed E-state index contributed by atoms with van der Waals surface area (Å²) in [6.45, 7) is 2.38. The summed E-state index contributed by atoms with van der Waals surface area (Å²) in [5.74, 6) is 1.77. The Morgan fingerprint density at radius 1 is 0.840 bits per heavy atom. The molecule has 0 heterocycles. The van der Waals surface area contributed by atoms with E-state index in [1.165, 1.54) is 27.1 Å². The van der Waals surface area contributed by atoms with Gasteiger partial charge in [0.15, 0.2) is 6.79 Å². The first kappa shape index (κ1) is 17.6. The largest absolute Gasteiger partial charge is 0.467 e. The van der Waals surface area contributed by atoms with Crippen molar-refractivity contribution in [2.75, 3.05) is 13.9 Å². The smallest absolute Gasteiger partial charge is 0.188 e. The summed E-state index contributed by atoms with van der Waals surface area (Å²) in [4.78, 5) is 1.27. The van der Waals surface area contributed by atoms with Crippen LogP contribution < -0.4 is 4.74 Å². The third kappa shape index (κ3) is 4.44. The van der Waals surface area contributed by atoms with E-state index in [1.54, 1.807) is 7.11 Å². The van der Waals surface area contributed by atoms with Gasteiger partial charge in [-0.3, -0.25) is 0 Å². The SMILES string of the molecule is COCOc1ccc(-c2ccccc2)c(CSc2ccccc2)c1C. The highest BCUT2D eigenvalue weighted by Gasteiger charge is 2.13.